The van der Waals surface area contributed by atoms with E-state index >= 15 is 0 Å². The average molecular weight is 430 g/mol. The lowest BCUT2D eigenvalue weighted by Crippen LogP contribution is -2.33. The van der Waals surface area contributed by atoms with Gasteiger partial charge in [0.1, 0.15) is 12.4 Å². The highest BCUT2D eigenvalue weighted by Gasteiger charge is 2.36. The summed E-state index contributed by atoms with van der Waals surface area (Å²) in [6, 6.07) is 19.0. The van der Waals surface area contributed by atoms with Crippen molar-refractivity contribution in [1.29, 1.82) is 0 Å². The SMILES string of the molecule is C=C(O)C[C@@H](c1ccc(OCc2ccc3c(c2)C(C)(C)CCC3(C)C)cc1)n1cccc1. The number of aromatic nitrogens is 1. The average Bonchev–Trinajstić information content (AvgIpc) is 3.29. The lowest BCUT2D eigenvalue weighted by molar-refractivity contribution is 0.302. The van der Waals surface area contributed by atoms with Gasteiger partial charge >= 0.3 is 0 Å². The van der Waals surface area contributed by atoms with Crippen LogP contribution in [0.3, 0.4) is 0 Å². The molecule has 4 rings (SSSR count). The van der Waals surface area contributed by atoms with Crippen LogP contribution < -0.4 is 4.74 Å². The van der Waals surface area contributed by atoms with Crippen LogP contribution in [0.25, 0.3) is 0 Å². The molecule has 1 N–H and O–H groups in total. The minimum atomic E-state index is 0.0165. The standard InChI is InChI=1S/C29H35NO2/c1-21(31)18-27(30-16-6-7-17-30)23-9-11-24(12-10-23)32-20-22-8-13-25-26(19-22)29(4,5)15-14-28(25,2)3/h6-13,16-17,19,27,31H,1,14-15,18,20H2,2-5H3/t27-/m0/s1. The third-order valence-corrected chi connectivity index (χ3v) is 7.00. The van der Waals surface area contributed by atoms with Crippen molar-refractivity contribution in [2.24, 2.45) is 0 Å². The minimum absolute atomic E-state index is 0.0165. The summed E-state index contributed by atoms with van der Waals surface area (Å²) in [7, 11) is 0. The van der Waals surface area contributed by atoms with Gasteiger partial charge in [0.2, 0.25) is 0 Å². The zero-order valence-electron chi connectivity index (χ0n) is 19.8. The monoisotopic (exact) mass is 429 g/mol. The lowest BCUT2D eigenvalue weighted by Gasteiger charge is -2.42. The van der Waals surface area contributed by atoms with Crippen molar-refractivity contribution in [2.75, 3.05) is 0 Å². The Morgan fingerprint density at radius 2 is 1.59 bits per heavy atom. The maximum absolute atomic E-state index is 9.77. The van der Waals surface area contributed by atoms with Gasteiger partial charge in [0, 0.05) is 18.8 Å². The fraction of sp³-hybridized carbons (Fsp3) is 0.379. The molecule has 1 aliphatic carbocycles. The number of nitrogens with zero attached hydrogens (tertiary/aromatic N) is 1. The predicted octanol–water partition coefficient (Wildman–Crippen LogP) is 7.47. The molecule has 0 aliphatic heterocycles. The highest BCUT2D eigenvalue weighted by Crippen LogP contribution is 2.46. The van der Waals surface area contributed by atoms with Crippen LogP contribution in [0.4, 0.5) is 0 Å². The number of hydrogen-bond donors (Lipinski definition) is 1. The van der Waals surface area contributed by atoms with E-state index in [2.05, 4.69) is 69.2 Å². The molecule has 0 fully saturated rings. The molecule has 2 aromatic carbocycles. The second-order valence-electron chi connectivity index (χ2n) is 10.4. The summed E-state index contributed by atoms with van der Waals surface area (Å²) in [4.78, 5) is 0. The Balaban J connectivity index is 1.49. The van der Waals surface area contributed by atoms with Crippen LogP contribution >= 0.6 is 0 Å². The maximum atomic E-state index is 9.77. The second kappa shape index (κ2) is 8.54. The summed E-state index contributed by atoms with van der Waals surface area (Å²) in [6.45, 7) is 13.6. The second-order valence-corrected chi connectivity index (χ2v) is 10.4. The molecule has 0 saturated carbocycles. The molecule has 3 nitrogen and oxygen atoms in total. The highest BCUT2D eigenvalue weighted by molar-refractivity contribution is 5.43. The van der Waals surface area contributed by atoms with E-state index < -0.39 is 0 Å². The number of ether oxygens (including phenoxy) is 1. The van der Waals surface area contributed by atoms with Gasteiger partial charge < -0.3 is 14.4 Å². The molecule has 32 heavy (non-hydrogen) atoms. The summed E-state index contributed by atoms with van der Waals surface area (Å²) >= 11 is 0. The van der Waals surface area contributed by atoms with Gasteiger partial charge in [0.05, 0.1) is 11.8 Å². The first-order valence-corrected chi connectivity index (χ1v) is 11.5. The van der Waals surface area contributed by atoms with Crippen molar-refractivity contribution in [2.45, 2.75) is 70.4 Å². The van der Waals surface area contributed by atoms with Crippen molar-refractivity contribution in [3.05, 3.63) is 102 Å². The van der Waals surface area contributed by atoms with Gasteiger partial charge in [-0.1, -0.05) is 64.6 Å². The first-order valence-electron chi connectivity index (χ1n) is 11.5. The van der Waals surface area contributed by atoms with Crippen LogP contribution in [0.1, 0.15) is 75.3 Å². The van der Waals surface area contributed by atoms with Crippen LogP contribution in [-0.4, -0.2) is 9.67 Å². The highest BCUT2D eigenvalue weighted by atomic mass is 16.5. The van der Waals surface area contributed by atoms with E-state index in [9.17, 15) is 5.11 Å². The van der Waals surface area contributed by atoms with Gasteiger partial charge in [-0.05, 0) is 70.2 Å². The van der Waals surface area contributed by atoms with Crippen LogP contribution in [0.5, 0.6) is 5.75 Å². The van der Waals surface area contributed by atoms with Crippen molar-refractivity contribution >= 4 is 0 Å². The van der Waals surface area contributed by atoms with Crippen molar-refractivity contribution in [3.8, 4) is 5.75 Å². The van der Waals surface area contributed by atoms with E-state index in [4.69, 9.17) is 4.74 Å². The molecule has 3 heteroatoms. The molecule has 1 atom stereocenters. The zero-order valence-corrected chi connectivity index (χ0v) is 19.8. The Hall–Kier alpha value is -2.94. The fourth-order valence-electron chi connectivity index (χ4n) is 4.85. The number of aliphatic hydroxyl groups is 1. The van der Waals surface area contributed by atoms with Crippen molar-refractivity contribution in [1.82, 2.24) is 4.57 Å². The zero-order chi connectivity index (χ0) is 22.9. The quantitative estimate of drug-likeness (QED) is 0.395. The predicted molar refractivity (Wildman–Crippen MR) is 131 cm³/mol. The normalized spacial score (nSPS) is 17.4. The summed E-state index contributed by atoms with van der Waals surface area (Å²) in [6.07, 6.45) is 6.94. The molecule has 1 aromatic heterocycles. The molecular formula is C29H35NO2. The van der Waals surface area contributed by atoms with E-state index in [-0.39, 0.29) is 22.6 Å². The van der Waals surface area contributed by atoms with E-state index in [1.165, 1.54) is 29.5 Å². The van der Waals surface area contributed by atoms with Crippen LogP contribution in [0, 0.1) is 0 Å². The van der Waals surface area contributed by atoms with E-state index in [0.29, 0.717) is 13.0 Å². The third-order valence-electron chi connectivity index (χ3n) is 7.00. The molecule has 3 aromatic rings. The Morgan fingerprint density at radius 1 is 0.969 bits per heavy atom. The van der Waals surface area contributed by atoms with E-state index in [1.54, 1.807) is 0 Å². The van der Waals surface area contributed by atoms with Crippen molar-refractivity contribution in [3.63, 3.8) is 0 Å². The first kappa shape index (κ1) is 22.3. The van der Waals surface area contributed by atoms with E-state index in [1.807, 2.05) is 36.7 Å². The topological polar surface area (TPSA) is 34.4 Å². The fourth-order valence-corrected chi connectivity index (χ4v) is 4.85. The Bertz CT molecular complexity index is 1070. The van der Waals surface area contributed by atoms with Crippen LogP contribution in [-0.2, 0) is 17.4 Å². The molecule has 0 amide bonds. The molecule has 0 bridgehead atoms. The molecule has 0 spiro atoms. The summed E-state index contributed by atoms with van der Waals surface area (Å²) in [5, 5.41) is 9.77. The summed E-state index contributed by atoms with van der Waals surface area (Å²) < 4.78 is 8.23. The number of benzene rings is 2. The maximum Gasteiger partial charge on any atom is 0.119 e. The Kier molecular flexibility index (Phi) is 5.94. The van der Waals surface area contributed by atoms with E-state index in [0.717, 1.165) is 11.3 Å². The molecule has 0 radical (unpaired) electrons. The molecule has 1 aliphatic rings. The smallest absolute Gasteiger partial charge is 0.119 e. The number of fused-ring (bicyclic) bond motifs is 1. The lowest BCUT2D eigenvalue weighted by atomic mass is 9.63. The Morgan fingerprint density at radius 3 is 2.22 bits per heavy atom. The van der Waals surface area contributed by atoms with Crippen molar-refractivity contribution < 1.29 is 9.84 Å². The van der Waals surface area contributed by atoms with Gasteiger partial charge in [0.15, 0.2) is 0 Å². The number of rotatable bonds is 7. The molecule has 168 valence electrons. The Labute approximate surface area is 192 Å². The first-order chi connectivity index (χ1) is 15.2. The summed E-state index contributed by atoms with van der Waals surface area (Å²) in [5.41, 5.74) is 5.69. The van der Waals surface area contributed by atoms with Crippen LogP contribution in [0.15, 0.2) is 79.3 Å². The third kappa shape index (κ3) is 4.62. The van der Waals surface area contributed by atoms with Crippen LogP contribution in [0.2, 0.25) is 0 Å². The van der Waals surface area contributed by atoms with Gasteiger partial charge in [-0.25, -0.2) is 0 Å². The minimum Gasteiger partial charge on any atom is -0.513 e. The van der Waals surface area contributed by atoms with Gasteiger partial charge in [-0.3, -0.25) is 0 Å². The number of hydrogen-bond acceptors (Lipinski definition) is 2. The largest absolute Gasteiger partial charge is 0.513 e. The molecule has 0 unspecified atom stereocenters. The number of allylic oxidation sites excluding steroid dienone is 1. The molecule has 1 heterocycles. The van der Waals surface area contributed by atoms with Gasteiger partial charge in [-0.15, -0.1) is 0 Å². The summed E-state index contributed by atoms with van der Waals surface area (Å²) in [5.74, 6) is 1.03. The molecule has 0 saturated heterocycles. The van der Waals surface area contributed by atoms with Gasteiger partial charge in [0.25, 0.3) is 0 Å². The van der Waals surface area contributed by atoms with Gasteiger partial charge in [-0.2, -0.15) is 0 Å². The molecular weight excluding hydrogens is 394 g/mol. The number of aliphatic hydroxyl groups excluding tert-OH is 1.